The van der Waals surface area contributed by atoms with Gasteiger partial charge in [0.25, 0.3) is 0 Å². The monoisotopic (exact) mass is 425 g/mol. The molecule has 2 rings (SSSR count). The van der Waals surface area contributed by atoms with E-state index in [0.717, 1.165) is 17.3 Å². The highest BCUT2D eigenvalue weighted by Gasteiger charge is 2.29. The average molecular weight is 425 g/mol. The molecule has 2 aromatic rings. The van der Waals surface area contributed by atoms with E-state index in [-0.39, 0.29) is 19.0 Å². The number of rotatable bonds is 7. The predicted molar refractivity (Wildman–Crippen MR) is 111 cm³/mol. The van der Waals surface area contributed by atoms with Crippen molar-refractivity contribution >= 4 is 23.2 Å². The molecule has 0 fully saturated rings. The van der Waals surface area contributed by atoms with Crippen molar-refractivity contribution in [2.45, 2.75) is 26.9 Å². The molecule has 0 atom stereocenters. The lowest BCUT2D eigenvalue weighted by Gasteiger charge is -2.15. The van der Waals surface area contributed by atoms with Gasteiger partial charge in [-0.15, -0.1) is 5.10 Å². The van der Waals surface area contributed by atoms with Crippen molar-refractivity contribution in [2.75, 3.05) is 18.5 Å². The van der Waals surface area contributed by atoms with Crippen LogP contribution in [-0.2, 0) is 15.7 Å². The molecule has 0 saturated carbocycles. The van der Waals surface area contributed by atoms with E-state index in [1.807, 2.05) is 13.8 Å². The van der Waals surface area contributed by atoms with E-state index in [0.29, 0.717) is 16.9 Å². The minimum atomic E-state index is -4.41. The van der Waals surface area contributed by atoms with Gasteiger partial charge in [-0.3, -0.25) is 0 Å². The van der Waals surface area contributed by atoms with E-state index in [4.69, 9.17) is 16.3 Å². The van der Waals surface area contributed by atoms with Gasteiger partial charge in [-0.05, 0) is 43.3 Å². The molecule has 10 heteroatoms. The summed E-state index contributed by atoms with van der Waals surface area (Å²) in [6, 6.07) is 11.3. The Morgan fingerprint density at radius 1 is 1.13 bits per heavy atom. The fourth-order valence-corrected chi connectivity index (χ4v) is 2.28. The lowest BCUT2D eigenvalue weighted by molar-refractivity contribution is -0.144. The van der Waals surface area contributed by atoms with Crippen molar-refractivity contribution in [3.05, 3.63) is 59.7 Å². The number of ether oxygens (including phenoxy) is 1. The molecule has 0 heterocycles. The van der Waals surface area contributed by atoms with E-state index < -0.39 is 17.7 Å². The van der Waals surface area contributed by atoms with Crippen LogP contribution in [0, 0.1) is 0 Å². The van der Waals surface area contributed by atoms with Gasteiger partial charge in [-0.2, -0.15) is 13.2 Å². The Morgan fingerprint density at radius 2 is 1.73 bits per heavy atom. The molecule has 5 N–H and O–H groups in total. The second-order valence-electron chi connectivity index (χ2n) is 5.63. The zero-order chi connectivity index (χ0) is 22.7. The zero-order valence-electron chi connectivity index (χ0n) is 17.0. The quantitative estimate of drug-likeness (QED) is 0.205. The Kier molecular flexibility index (Phi) is 9.63. The maximum Gasteiger partial charge on any atom is 0.416 e. The van der Waals surface area contributed by atoms with Gasteiger partial charge in [-0.1, -0.05) is 26.0 Å². The minimum Gasteiger partial charge on any atom is -0.465 e. The van der Waals surface area contributed by atoms with Gasteiger partial charge < -0.3 is 15.8 Å². The summed E-state index contributed by atoms with van der Waals surface area (Å²) in [4.78, 5) is 11.4. The van der Waals surface area contributed by atoms with Crippen molar-refractivity contribution in [1.82, 2.24) is 5.12 Å². The number of halogens is 3. The number of anilines is 2. The molecule has 0 aliphatic carbocycles. The van der Waals surface area contributed by atoms with Gasteiger partial charge in [-0.25, -0.2) is 15.8 Å². The van der Waals surface area contributed by atoms with Crippen LogP contribution in [0.2, 0.25) is 0 Å². The Hall–Kier alpha value is -3.27. The number of amidine groups is 1. The van der Waals surface area contributed by atoms with Crippen LogP contribution in [0.15, 0.2) is 53.6 Å². The molecule has 2 aromatic carbocycles. The number of nitrogens with one attached hydrogen (secondary N) is 1. The summed E-state index contributed by atoms with van der Waals surface area (Å²) in [5, 5.41) is 7.77. The Morgan fingerprint density at radius 3 is 2.30 bits per heavy atom. The average Bonchev–Trinajstić information content (AvgIpc) is 2.69. The van der Waals surface area contributed by atoms with E-state index in [1.54, 1.807) is 31.2 Å². The van der Waals surface area contributed by atoms with Crippen molar-refractivity contribution in [3.8, 4) is 0 Å². The number of para-hydroxylation sites is 1. The predicted octanol–water partition coefficient (Wildman–Crippen LogP) is 3.83. The molecule has 30 heavy (non-hydrogen) atoms. The molecule has 0 spiro atoms. The first-order chi connectivity index (χ1) is 14.2. The van der Waals surface area contributed by atoms with E-state index in [9.17, 15) is 18.0 Å². The largest absolute Gasteiger partial charge is 0.465 e. The third-order valence-corrected chi connectivity index (χ3v) is 3.53. The number of benzene rings is 2. The summed E-state index contributed by atoms with van der Waals surface area (Å²) in [6.07, 6.45) is -4.41. The van der Waals surface area contributed by atoms with Crippen LogP contribution < -0.4 is 16.9 Å². The summed E-state index contributed by atoms with van der Waals surface area (Å²) in [6.45, 7) is 5.59. The first-order valence-electron chi connectivity index (χ1n) is 9.26. The second kappa shape index (κ2) is 11.7. The van der Waals surface area contributed by atoms with E-state index in [1.165, 1.54) is 12.1 Å². The molecule has 7 nitrogen and oxygen atoms in total. The number of hydrogen-bond donors (Lipinski definition) is 3. The number of nitrogens with zero attached hydrogens (tertiary/aromatic N) is 2. The highest BCUT2D eigenvalue weighted by molar-refractivity contribution is 6.02. The van der Waals surface area contributed by atoms with Crippen molar-refractivity contribution < 1.29 is 22.7 Å². The number of hydrazone groups is 1. The summed E-state index contributed by atoms with van der Waals surface area (Å²) in [5.41, 5.74) is 6.63. The van der Waals surface area contributed by atoms with Crippen LogP contribution in [0.1, 0.15) is 31.9 Å². The molecular weight excluding hydrogens is 399 g/mol. The van der Waals surface area contributed by atoms with Crippen molar-refractivity contribution in [1.29, 1.82) is 0 Å². The smallest absolute Gasteiger partial charge is 0.416 e. The summed E-state index contributed by atoms with van der Waals surface area (Å²) < 4.78 is 42.8. The molecular formula is C20H26F3N5O2. The standard InChI is InChI=1S/C18H20F3N5O2.C2H6/c1-2-28-16(27)11-26(23)25-17(22)14-5-3-4-6-15(14)24-13-9-7-12(8-10-13)18(19,20)21;1-2/h3-10,24H,2,11,23H2,1H3,(H2,22,25);1-2H3. The number of nitrogens with two attached hydrogens (primary N) is 2. The third-order valence-electron chi connectivity index (χ3n) is 3.53. The van der Waals surface area contributed by atoms with Crippen LogP contribution >= 0.6 is 0 Å². The number of carbonyl (C=O) groups excluding carboxylic acids is 1. The minimum absolute atomic E-state index is 0.0156. The van der Waals surface area contributed by atoms with Crippen LogP contribution in [-0.4, -0.2) is 30.1 Å². The molecule has 0 saturated heterocycles. The van der Waals surface area contributed by atoms with Crippen molar-refractivity contribution in [2.24, 2.45) is 16.7 Å². The van der Waals surface area contributed by atoms with Gasteiger partial charge in [0.15, 0.2) is 12.4 Å². The third kappa shape index (κ3) is 7.63. The maximum atomic E-state index is 12.7. The number of hydrazine groups is 1. The lowest BCUT2D eigenvalue weighted by atomic mass is 10.1. The van der Waals surface area contributed by atoms with Crippen LogP contribution in [0.5, 0.6) is 0 Å². The molecule has 0 aliphatic heterocycles. The SMILES string of the molecule is CC.CCOC(=O)CN(N)/N=C(\N)c1ccccc1Nc1ccc(C(F)(F)F)cc1. The molecule has 0 unspecified atom stereocenters. The maximum absolute atomic E-state index is 12.7. The van der Waals surface area contributed by atoms with Gasteiger partial charge in [0.05, 0.1) is 12.2 Å². The Labute approximate surface area is 173 Å². The molecule has 0 bridgehead atoms. The van der Waals surface area contributed by atoms with Crippen LogP contribution in [0.4, 0.5) is 24.5 Å². The number of alkyl halides is 3. The van der Waals surface area contributed by atoms with Crippen molar-refractivity contribution in [3.63, 3.8) is 0 Å². The summed E-state index contributed by atoms with van der Waals surface area (Å²) in [5.74, 6) is 5.10. The second-order valence-corrected chi connectivity index (χ2v) is 5.63. The number of carbonyl (C=O) groups is 1. The molecule has 0 aromatic heterocycles. The molecule has 0 aliphatic rings. The highest BCUT2D eigenvalue weighted by atomic mass is 19.4. The van der Waals surface area contributed by atoms with Gasteiger partial charge in [0.2, 0.25) is 0 Å². The first-order valence-corrected chi connectivity index (χ1v) is 9.26. The fourth-order valence-electron chi connectivity index (χ4n) is 2.28. The van der Waals surface area contributed by atoms with Gasteiger partial charge in [0.1, 0.15) is 0 Å². The fraction of sp³-hybridized carbons (Fsp3) is 0.300. The normalized spacial score (nSPS) is 11.2. The van der Waals surface area contributed by atoms with Crippen LogP contribution in [0.3, 0.4) is 0 Å². The zero-order valence-corrected chi connectivity index (χ0v) is 17.0. The lowest BCUT2D eigenvalue weighted by Crippen LogP contribution is -2.35. The topological polar surface area (TPSA) is 106 Å². The number of esters is 1. The van der Waals surface area contributed by atoms with E-state index in [2.05, 4.69) is 10.4 Å². The van der Waals surface area contributed by atoms with E-state index >= 15 is 0 Å². The molecule has 0 radical (unpaired) electrons. The molecule has 0 amide bonds. The van der Waals surface area contributed by atoms with Gasteiger partial charge >= 0.3 is 12.1 Å². The summed E-state index contributed by atoms with van der Waals surface area (Å²) >= 11 is 0. The van der Waals surface area contributed by atoms with Gasteiger partial charge in [0, 0.05) is 16.9 Å². The Bertz CT molecular complexity index is 839. The molecule has 164 valence electrons. The Balaban J connectivity index is 0.00000218. The first kappa shape index (κ1) is 24.8. The van der Waals surface area contributed by atoms with Crippen LogP contribution in [0.25, 0.3) is 0 Å². The number of hydrogen-bond acceptors (Lipinski definition) is 6. The highest BCUT2D eigenvalue weighted by Crippen LogP contribution is 2.30. The summed E-state index contributed by atoms with van der Waals surface area (Å²) in [7, 11) is 0.